The standard InChI is InChI=1S/C15H20N4O2/c1-15(21-2)6-3-7-19(9-15)14-17-12-5-4-10(16)8-11(12)13(20)18-14/h4-5,8H,3,6-7,9,16H2,1-2H3,(H,17,18,20). The number of aromatic amines is 1. The summed E-state index contributed by atoms with van der Waals surface area (Å²) in [5.41, 5.74) is 6.58. The van der Waals surface area contributed by atoms with Crippen molar-refractivity contribution in [2.45, 2.75) is 25.4 Å². The van der Waals surface area contributed by atoms with Gasteiger partial charge in [0.05, 0.1) is 16.5 Å². The van der Waals surface area contributed by atoms with Gasteiger partial charge in [0.25, 0.3) is 5.56 Å². The molecule has 0 radical (unpaired) electrons. The van der Waals surface area contributed by atoms with Gasteiger partial charge < -0.3 is 15.4 Å². The van der Waals surface area contributed by atoms with E-state index < -0.39 is 0 Å². The molecule has 1 aliphatic rings. The summed E-state index contributed by atoms with van der Waals surface area (Å²) >= 11 is 0. The number of hydrogen-bond acceptors (Lipinski definition) is 5. The van der Waals surface area contributed by atoms with Crippen LogP contribution in [-0.2, 0) is 4.74 Å². The van der Waals surface area contributed by atoms with Crippen LogP contribution < -0.4 is 16.2 Å². The fourth-order valence-electron chi connectivity index (χ4n) is 2.85. The van der Waals surface area contributed by atoms with E-state index in [1.807, 2.05) is 0 Å². The zero-order valence-electron chi connectivity index (χ0n) is 12.3. The molecule has 1 fully saturated rings. The second-order valence-electron chi connectivity index (χ2n) is 5.85. The first-order chi connectivity index (χ1) is 10.0. The molecule has 6 nitrogen and oxygen atoms in total. The number of nitrogens with zero attached hydrogens (tertiary/aromatic N) is 2. The molecule has 1 aliphatic heterocycles. The Balaban J connectivity index is 2.01. The van der Waals surface area contributed by atoms with Crippen molar-refractivity contribution in [1.29, 1.82) is 0 Å². The van der Waals surface area contributed by atoms with Gasteiger partial charge in [-0.25, -0.2) is 4.98 Å². The largest absolute Gasteiger partial charge is 0.399 e. The van der Waals surface area contributed by atoms with Crippen molar-refractivity contribution in [3.63, 3.8) is 0 Å². The minimum Gasteiger partial charge on any atom is -0.399 e. The van der Waals surface area contributed by atoms with Crippen LogP contribution in [0.4, 0.5) is 11.6 Å². The number of piperidine rings is 1. The molecule has 1 saturated heterocycles. The van der Waals surface area contributed by atoms with Crippen LogP contribution in [0.3, 0.4) is 0 Å². The van der Waals surface area contributed by atoms with Crippen LogP contribution in [0, 0.1) is 0 Å². The topological polar surface area (TPSA) is 84.2 Å². The van der Waals surface area contributed by atoms with Crippen molar-refractivity contribution in [3.8, 4) is 0 Å². The van der Waals surface area contributed by atoms with Gasteiger partial charge >= 0.3 is 0 Å². The monoisotopic (exact) mass is 288 g/mol. The Morgan fingerprint density at radius 1 is 1.48 bits per heavy atom. The number of aromatic nitrogens is 2. The van der Waals surface area contributed by atoms with Crippen LogP contribution in [-0.4, -0.2) is 35.8 Å². The average Bonchev–Trinajstić information content (AvgIpc) is 2.48. The lowest BCUT2D eigenvalue weighted by Gasteiger charge is -2.39. The molecule has 0 amide bonds. The third kappa shape index (κ3) is 2.58. The zero-order chi connectivity index (χ0) is 15.0. The lowest BCUT2D eigenvalue weighted by molar-refractivity contribution is -0.00498. The van der Waals surface area contributed by atoms with Crippen LogP contribution >= 0.6 is 0 Å². The van der Waals surface area contributed by atoms with Crippen molar-refractivity contribution in [2.75, 3.05) is 30.8 Å². The van der Waals surface area contributed by atoms with Crippen LogP contribution in [0.15, 0.2) is 23.0 Å². The normalized spacial score (nSPS) is 22.7. The molecule has 0 bridgehead atoms. The van der Waals surface area contributed by atoms with Crippen LogP contribution in [0.2, 0.25) is 0 Å². The Morgan fingerprint density at radius 2 is 2.29 bits per heavy atom. The van der Waals surface area contributed by atoms with E-state index >= 15 is 0 Å². The molecule has 1 aromatic heterocycles. The molecule has 0 aliphatic carbocycles. The number of ether oxygens (including phenoxy) is 1. The van der Waals surface area contributed by atoms with E-state index in [1.54, 1.807) is 25.3 Å². The average molecular weight is 288 g/mol. The van der Waals surface area contributed by atoms with Crippen molar-refractivity contribution >= 4 is 22.5 Å². The molecule has 1 atom stereocenters. The maximum Gasteiger partial charge on any atom is 0.260 e. The van der Waals surface area contributed by atoms with Gasteiger partial charge in [0.2, 0.25) is 5.95 Å². The van der Waals surface area contributed by atoms with Crippen LogP contribution in [0.1, 0.15) is 19.8 Å². The van der Waals surface area contributed by atoms with E-state index in [9.17, 15) is 4.79 Å². The molecule has 3 rings (SSSR count). The number of anilines is 2. The van der Waals surface area contributed by atoms with Gasteiger partial charge in [-0.1, -0.05) is 0 Å². The van der Waals surface area contributed by atoms with E-state index in [1.165, 1.54) is 0 Å². The molecule has 112 valence electrons. The molecule has 21 heavy (non-hydrogen) atoms. The fourth-order valence-corrected chi connectivity index (χ4v) is 2.85. The number of benzene rings is 1. The summed E-state index contributed by atoms with van der Waals surface area (Å²) < 4.78 is 5.59. The van der Waals surface area contributed by atoms with Gasteiger partial charge in [0, 0.05) is 25.9 Å². The quantitative estimate of drug-likeness (QED) is 0.818. The first kappa shape index (κ1) is 13.9. The number of nitrogen functional groups attached to an aromatic ring is 1. The summed E-state index contributed by atoms with van der Waals surface area (Å²) in [7, 11) is 1.73. The molecule has 3 N–H and O–H groups in total. The summed E-state index contributed by atoms with van der Waals surface area (Å²) in [6.07, 6.45) is 2.02. The van der Waals surface area contributed by atoms with E-state index in [-0.39, 0.29) is 11.2 Å². The molecule has 0 spiro atoms. The fraction of sp³-hybridized carbons (Fsp3) is 0.467. The number of methoxy groups -OCH3 is 1. The minimum absolute atomic E-state index is 0.160. The predicted molar refractivity (Wildman–Crippen MR) is 83.6 cm³/mol. The van der Waals surface area contributed by atoms with Gasteiger partial charge in [-0.15, -0.1) is 0 Å². The number of nitrogens with two attached hydrogens (primary N) is 1. The van der Waals surface area contributed by atoms with E-state index in [4.69, 9.17) is 10.5 Å². The Hall–Kier alpha value is -2.08. The van der Waals surface area contributed by atoms with Gasteiger partial charge in [-0.2, -0.15) is 0 Å². The summed E-state index contributed by atoms with van der Waals surface area (Å²) in [5, 5.41) is 0.519. The smallest absolute Gasteiger partial charge is 0.260 e. The van der Waals surface area contributed by atoms with Crippen molar-refractivity contribution in [1.82, 2.24) is 9.97 Å². The molecule has 1 aromatic carbocycles. The minimum atomic E-state index is -0.201. The highest BCUT2D eigenvalue weighted by atomic mass is 16.5. The Labute approximate surface area is 122 Å². The van der Waals surface area contributed by atoms with Gasteiger partial charge in [0.15, 0.2) is 0 Å². The zero-order valence-corrected chi connectivity index (χ0v) is 12.3. The summed E-state index contributed by atoms with van der Waals surface area (Å²) in [6, 6.07) is 5.19. The number of nitrogens with one attached hydrogen (secondary N) is 1. The van der Waals surface area contributed by atoms with Gasteiger partial charge in [-0.3, -0.25) is 9.78 Å². The highest BCUT2D eigenvalue weighted by Gasteiger charge is 2.31. The molecule has 0 saturated carbocycles. The van der Waals surface area contributed by atoms with Gasteiger partial charge in [0.1, 0.15) is 0 Å². The number of fused-ring (bicyclic) bond motifs is 1. The Morgan fingerprint density at radius 3 is 3.05 bits per heavy atom. The van der Waals surface area contributed by atoms with Gasteiger partial charge in [-0.05, 0) is 38.0 Å². The molecular weight excluding hydrogens is 268 g/mol. The maximum atomic E-state index is 12.2. The molecular formula is C15H20N4O2. The van der Waals surface area contributed by atoms with E-state index in [0.717, 1.165) is 19.4 Å². The first-order valence-electron chi connectivity index (χ1n) is 7.10. The van der Waals surface area contributed by atoms with Crippen molar-refractivity contribution in [3.05, 3.63) is 28.6 Å². The van der Waals surface area contributed by atoms with Crippen LogP contribution in [0.25, 0.3) is 10.9 Å². The lowest BCUT2D eigenvalue weighted by atomic mass is 9.95. The third-order valence-corrected chi connectivity index (χ3v) is 4.17. The molecule has 2 heterocycles. The first-order valence-corrected chi connectivity index (χ1v) is 7.10. The molecule has 2 aromatic rings. The number of hydrogen-bond donors (Lipinski definition) is 2. The SMILES string of the molecule is COC1(C)CCCN(c2nc3ccc(N)cc3c(=O)[nH]2)C1. The highest BCUT2D eigenvalue weighted by molar-refractivity contribution is 5.81. The number of rotatable bonds is 2. The Bertz CT molecular complexity index is 727. The van der Waals surface area contributed by atoms with E-state index in [2.05, 4.69) is 21.8 Å². The summed E-state index contributed by atoms with van der Waals surface area (Å²) in [5.74, 6) is 0.597. The maximum absolute atomic E-state index is 12.2. The van der Waals surface area contributed by atoms with Crippen molar-refractivity contribution < 1.29 is 4.74 Å². The van der Waals surface area contributed by atoms with Crippen LogP contribution in [0.5, 0.6) is 0 Å². The predicted octanol–water partition coefficient (Wildman–Crippen LogP) is 1.51. The molecule has 1 unspecified atom stereocenters. The number of H-pyrrole nitrogens is 1. The summed E-state index contributed by atoms with van der Waals surface area (Å²) in [4.78, 5) is 21.7. The third-order valence-electron chi connectivity index (χ3n) is 4.17. The second-order valence-corrected chi connectivity index (χ2v) is 5.85. The van der Waals surface area contributed by atoms with Crippen molar-refractivity contribution in [2.24, 2.45) is 0 Å². The second kappa shape index (κ2) is 5.04. The van der Waals surface area contributed by atoms with E-state index in [0.29, 0.717) is 29.1 Å². The molecule has 6 heteroatoms. The Kier molecular flexibility index (Phi) is 3.33. The highest BCUT2D eigenvalue weighted by Crippen LogP contribution is 2.26. The lowest BCUT2D eigenvalue weighted by Crippen LogP contribution is -2.48. The summed E-state index contributed by atoms with van der Waals surface area (Å²) in [6.45, 7) is 3.66.